The van der Waals surface area contributed by atoms with Crippen molar-refractivity contribution in [2.75, 3.05) is 19.4 Å². The molecule has 4 nitrogen and oxygen atoms in total. The van der Waals surface area contributed by atoms with Crippen LogP contribution in [0.4, 0.5) is 10.1 Å². The van der Waals surface area contributed by atoms with Crippen molar-refractivity contribution < 1.29 is 13.6 Å². The van der Waals surface area contributed by atoms with Gasteiger partial charge >= 0.3 is 0 Å². The highest BCUT2D eigenvalue weighted by molar-refractivity contribution is 6.74. The number of ether oxygens (including phenoxy) is 1. The average molecular weight is 343 g/mol. The van der Waals surface area contributed by atoms with Gasteiger partial charge in [0, 0.05) is 23.9 Å². The predicted octanol–water partition coefficient (Wildman–Crippen LogP) is 3.92. The van der Waals surface area contributed by atoms with Crippen LogP contribution in [0.25, 0.3) is 0 Å². The van der Waals surface area contributed by atoms with E-state index in [1.165, 1.54) is 6.07 Å². The van der Waals surface area contributed by atoms with Crippen molar-refractivity contribution in [2.24, 2.45) is 0 Å². The van der Waals surface area contributed by atoms with Crippen molar-refractivity contribution in [3.8, 4) is 5.75 Å². The molecule has 0 amide bonds. The van der Waals surface area contributed by atoms with Crippen molar-refractivity contribution in [1.82, 2.24) is 5.32 Å². The second-order valence-corrected chi connectivity index (χ2v) is 12.3. The van der Waals surface area contributed by atoms with Gasteiger partial charge in [-0.2, -0.15) is 0 Å². The minimum atomic E-state index is -1.84. The van der Waals surface area contributed by atoms with E-state index in [1.807, 2.05) is 6.92 Å². The van der Waals surface area contributed by atoms with Gasteiger partial charge in [0.25, 0.3) is 0 Å². The van der Waals surface area contributed by atoms with E-state index in [9.17, 15) is 4.39 Å². The third-order valence-electron chi connectivity index (χ3n) is 4.31. The van der Waals surface area contributed by atoms with Gasteiger partial charge in [-0.05, 0) is 38.2 Å². The van der Waals surface area contributed by atoms with Crippen molar-refractivity contribution >= 4 is 14.0 Å². The summed E-state index contributed by atoms with van der Waals surface area (Å²) in [7, 11) is -0.0418. The molecular formula is C17H31FN2O2Si. The molecule has 1 aromatic rings. The number of hydrogen-bond donors (Lipinski definition) is 2. The van der Waals surface area contributed by atoms with Gasteiger partial charge in [0.2, 0.25) is 0 Å². The molecule has 1 rings (SSSR count). The van der Waals surface area contributed by atoms with Crippen LogP contribution in [0, 0.1) is 5.82 Å². The van der Waals surface area contributed by atoms with Crippen molar-refractivity contribution in [2.45, 2.75) is 58.5 Å². The first-order valence-corrected chi connectivity index (χ1v) is 10.9. The predicted molar refractivity (Wildman–Crippen MR) is 96.8 cm³/mol. The highest BCUT2D eigenvalue weighted by Gasteiger charge is 2.37. The molecule has 0 saturated heterocycles. The van der Waals surface area contributed by atoms with Gasteiger partial charge < -0.3 is 20.2 Å². The summed E-state index contributed by atoms with van der Waals surface area (Å²) in [5.74, 6) is -0.186. The number of anilines is 1. The molecular weight excluding hydrogens is 311 g/mol. The Balaban J connectivity index is 2.80. The highest BCUT2D eigenvalue weighted by Crippen LogP contribution is 2.36. The summed E-state index contributed by atoms with van der Waals surface area (Å²) < 4.78 is 26.2. The molecule has 6 heteroatoms. The monoisotopic (exact) mass is 342 g/mol. The summed E-state index contributed by atoms with van der Waals surface area (Å²) in [6.45, 7) is 13.8. The van der Waals surface area contributed by atoms with E-state index < -0.39 is 14.1 Å². The Labute approximate surface area is 140 Å². The summed E-state index contributed by atoms with van der Waals surface area (Å²) in [6, 6.07) is 3.02. The first-order valence-electron chi connectivity index (χ1n) is 8.01. The summed E-state index contributed by atoms with van der Waals surface area (Å²) >= 11 is 0. The van der Waals surface area contributed by atoms with E-state index in [2.05, 4.69) is 39.2 Å². The lowest BCUT2D eigenvalue weighted by molar-refractivity contribution is 0.128. The molecule has 23 heavy (non-hydrogen) atoms. The minimum Gasteiger partial charge on any atom is -0.485 e. The number of hydrogen-bond acceptors (Lipinski definition) is 4. The van der Waals surface area contributed by atoms with Crippen LogP contribution in [-0.4, -0.2) is 28.1 Å². The SMILES string of the molecule is CNCc1cc(N)cc(F)c1OC(C)CO[Si](C)(C)C(C)(C)C. The molecule has 0 fully saturated rings. The first-order chi connectivity index (χ1) is 10.5. The minimum absolute atomic E-state index is 0.135. The molecule has 0 aliphatic rings. The van der Waals surface area contributed by atoms with E-state index in [0.29, 0.717) is 24.4 Å². The van der Waals surface area contributed by atoms with Crippen LogP contribution >= 0.6 is 0 Å². The van der Waals surface area contributed by atoms with Gasteiger partial charge in [-0.15, -0.1) is 0 Å². The molecule has 0 spiro atoms. The highest BCUT2D eigenvalue weighted by atomic mass is 28.4. The largest absolute Gasteiger partial charge is 0.485 e. The van der Waals surface area contributed by atoms with Crippen LogP contribution in [0.1, 0.15) is 33.3 Å². The van der Waals surface area contributed by atoms with Crippen LogP contribution in [-0.2, 0) is 11.0 Å². The van der Waals surface area contributed by atoms with Crippen molar-refractivity contribution in [3.63, 3.8) is 0 Å². The molecule has 0 aliphatic carbocycles. The number of nitrogens with one attached hydrogen (secondary N) is 1. The van der Waals surface area contributed by atoms with Crippen LogP contribution in [0.3, 0.4) is 0 Å². The fraction of sp³-hybridized carbons (Fsp3) is 0.647. The Bertz CT molecular complexity index is 530. The van der Waals surface area contributed by atoms with Crippen molar-refractivity contribution in [3.05, 3.63) is 23.5 Å². The van der Waals surface area contributed by atoms with Gasteiger partial charge in [-0.1, -0.05) is 20.8 Å². The van der Waals surface area contributed by atoms with Gasteiger partial charge in [-0.25, -0.2) is 4.39 Å². The van der Waals surface area contributed by atoms with Crippen LogP contribution < -0.4 is 15.8 Å². The zero-order valence-electron chi connectivity index (χ0n) is 15.4. The lowest BCUT2D eigenvalue weighted by Crippen LogP contribution is -2.43. The lowest BCUT2D eigenvalue weighted by Gasteiger charge is -2.37. The maximum absolute atomic E-state index is 14.2. The van der Waals surface area contributed by atoms with E-state index >= 15 is 0 Å². The Hall–Kier alpha value is -1.11. The zero-order chi connectivity index (χ0) is 17.8. The second-order valence-electron chi connectivity index (χ2n) is 7.52. The summed E-state index contributed by atoms with van der Waals surface area (Å²) in [4.78, 5) is 0. The van der Waals surface area contributed by atoms with Gasteiger partial charge in [0.15, 0.2) is 19.9 Å². The number of rotatable bonds is 7. The third-order valence-corrected chi connectivity index (χ3v) is 8.81. The van der Waals surface area contributed by atoms with Crippen LogP contribution in [0.15, 0.2) is 12.1 Å². The summed E-state index contributed by atoms with van der Waals surface area (Å²) in [5, 5.41) is 3.14. The van der Waals surface area contributed by atoms with Gasteiger partial charge in [0.05, 0.1) is 6.61 Å². The first kappa shape index (κ1) is 19.9. The van der Waals surface area contributed by atoms with E-state index in [0.717, 1.165) is 0 Å². The Kier molecular flexibility index (Phi) is 6.62. The third kappa shape index (κ3) is 5.48. The topological polar surface area (TPSA) is 56.5 Å². The molecule has 0 saturated carbocycles. The molecule has 1 aromatic carbocycles. The Morgan fingerprint density at radius 1 is 1.30 bits per heavy atom. The summed E-state index contributed by atoms with van der Waals surface area (Å²) in [5.41, 5.74) is 6.82. The number of benzene rings is 1. The fourth-order valence-electron chi connectivity index (χ4n) is 1.90. The number of nitrogen functional groups attached to an aromatic ring is 1. The number of nitrogens with two attached hydrogens (primary N) is 1. The average Bonchev–Trinajstić information content (AvgIpc) is 2.39. The lowest BCUT2D eigenvalue weighted by atomic mass is 10.1. The second kappa shape index (κ2) is 7.64. The Morgan fingerprint density at radius 3 is 2.43 bits per heavy atom. The molecule has 1 atom stereocenters. The molecule has 0 radical (unpaired) electrons. The zero-order valence-corrected chi connectivity index (χ0v) is 16.4. The molecule has 0 heterocycles. The number of halogens is 1. The standard InChI is InChI=1S/C17H31FN2O2Si/c1-12(11-21-23(6,7)17(2,3)4)22-16-13(10-20-5)8-14(19)9-15(16)18/h8-9,12,20H,10-11,19H2,1-7H3. The molecule has 3 N–H and O–H groups in total. The van der Waals surface area contributed by atoms with Gasteiger partial charge in [0.1, 0.15) is 6.10 Å². The quantitative estimate of drug-likeness (QED) is 0.582. The maximum Gasteiger partial charge on any atom is 0.192 e. The van der Waals surface area contributed by atoms with Crippen LogP contribution in [0.2, 0.25) is 18.1 Å². The summed E-state index contributed by atoms with van der Waals surface area (Å²) in [6.07, 6.45) is -0.238. The van der Waals surface area contributed by atoms with E-state index in [4.69, 9.17) is 14.9 Å². The molecule has 0 aliphatic heterocycles. The molecule has 0 aromatic heterocycles. The van der Waals surface area contributed by atoms with Gasteiger partial charge in [-0.3, -0.25) is 0 Å². The molecule has 0 bridgehead atoms. The van der Waals surface area contributed by atoms with E-state index in [-0.39, 0.29) is 16.9 Å². The maximum atomic E-state index is 14.2. The molecule has 132 valence electrons. The normalized spacial score (nSPS) is 13.9. The fourth-order valence-corrected chi connectivity index (χ4v) is 2.99. The van der Waals surface area contributed by atoms with Crippen molar-refractivity contribution in [1.29, 1.82) is 0 Å². The van der Waals surface area contributed by atoms with Crippen LogP contribution in [0.5, 0.6) is 5.75 Å². The Morgan fingerprint density at radius 2 is 1.91 bits per heavy atom. The smallest absolute Gasteiger partial charge is 0.192 e. The molecule has 1 unspecified atom stereocenters. The van der Waals surface area contributed by atoms with E-state index in [1.54, 1.807) is 13.1 Å².